The quantitative estimate of drug-likeness (QED) is 0.751. The summed E-state index contributed by atoms with van der Waals surface area (Å²) in [6.45, 7) is 3.79. The van der Waals surface area contributed by atoms with Crippen molar-refractivity contribution < 1.29 is 0 Å². The van der Waals surface area contributed by atoms with Crippen molar-refractivity contribution in [2.24, 2.45) is 0 Å². The van der Waals surface area contributed by atoms with Crippen molar-refractivity contribution in [1.82, 2.24) is 14.9 Å². The maximum absolute atomic E-state index is 5.62. The van der Waals surface area contributed by atoms with E-state index in [2.05, 4.69) is 45.8 Å². The highest BCUT2D eigenvalue weighted by atomic mass is 15.2. The second-order valence-corrected chi connectivity index (χ2v) is 6.03. The molecule has 0 aliphatic heterocycles. The molecule has 0 amide bonds. The Labute approximate surface area is 143 Å². The average Bonchev–Trinajstić information content (AvgIpc) is 2.58. The molecule has 7 nitrogen and oxygen atoms in total. The molecule has 0 fully saturated rings. The lowest BCUT2D eigenvalue weighted by Crippen LogP contribution is -2.35. The van der Waals surface area contributed by atoms with Gasteiger partial charge in [-0.1, -0.05) is 0 Å². The SMILES string of the molecule is CN(CCN(C)c1ccc(N)nc1)CCN(C)c1ccc(N)nc1. The summed E-state index contributed by atoms with van der Waals surface area (Å²) in [7, 11) is 6.25. The molecule has 0 spiro atoms. The molecule has 0 aliphatic rings. The van der Waals surface area contributed by atoms with Crippen LogP contribution in [0.4, 0.5) is 23.0 Å². The second-order valence-electron chi connectivity index (χ2n) is 6.03. The summed E-state index contributed by atoms with van der Waals surface area (Å²) in [5, 5.41) is 0. The topological polar surface area (TPSA) is 87.5 Å². The van der Waals surface area contributed by atoms with Crippen molar-refractivity contribution in [3.8, 4) is 0 Å². The van der Waals surface area contributed by atoms with Gasteiger partial charge in [-0.05, 0) is 31.3 Å². The van der Waals surface area contributed by atoms with Crippen LogP contribution in [0.5, 0.6) is 0 Å². The predicted molar refractivity (Wildman–Crippen MR) is 101 cm³/mol. The van der Waals surface area contributed by atoms with E-state index in [-0.39, 0.29) is 0 Å². The highest BCUT2D eigenvalue weighted by Crippen LogP contribution is 2.13. The van der Waals surface area contributed by atoms with Gasteiger partial charge in [0.2, 0.25) is 0 Å². The molecule has 24 heavy (non-hydrogen) atoms. The molecule has 4 N–H and O–H groups in total. The van der Waals surface area contributed by atoms with E-state index >= 15 is 0 Å². The monoisotopic (exact) mass is 329 g/mol. The van der Waals surface area contributed by atoms with Gasteiger partial charge in [-0.15, -0.1) is 0 Å². The molecule has 0 unspecified atom stereocenters. The Kier molecular flexibility index (Phi) is 6.20. The highest BCUT2D eigenvalue weighted by molar-refractivity contribution is 5.48. The van der Waals surface area contributed by atoms with E-state index in [1.807, 2.05) is 24.3 Å². The number of nitrogens with two attached hydrogens (primary N) is 2. The molecule has 0 aromatic carbocycles. The van der Waals surface area contributed by atoms with Crippen LogP contribution in [-0.2, 0) is 0 Å². The molecule has 0 saturated heterocycles. The third-order valence-electron chi connectivity index (χ3n) is 4.06. The fourth-order valence-electron chi connectivity index (χ4n) is 2.26. The fraction of sp³-hybridized carbons (Fsp3) is 0.412. The van der Waals surface area contributed by atoms with Gasteiger partial charge in [0, 0.05) is 40.3 Å². The number of pyridine rings is 2. The van der Waals surface area contributed by atoms with Gasteiger partial charge in [0.1, 0.15) is 11.6 Å². The van der Waals surface area contributed by atoms with Crippen molar-refractivity contribution in [3.05, 3.63) is 36.7 Å². The van der Waals surface area contributed by atoms with Crippen LogP contribution in [0.3, 0.4) is 0 Å². The zero-order chi connectivity index (χ0) is 17.5. The predicted octanol–water partition coefficient (Wildman–Crippen LogP) is 1.15. The molecule has 0 atom stereocenters. The highest BCUT2D eigenvalue weighted by Gasteiger charge is 2.06. The van der Waals surface area contributed by atoms with Crippen molar-refractivity contribution in [2.45, 2.75) is 0 Å². The van der Waals surface area contributed by atoms with Crippen LogP contribution in [0.15, 0.2) is 36.7 Å². The first-order valence-corrected chi connectivity index (χ1v) is 7.99. The summed E-state index contributed by atoms with van der Waals surface area (Å²) < 4.78 is 0. The molecule has 2 aromatic rings. The van der Waals surface area contributed by atoms with Crippen molar-refractivity contribution in [1.29, 1.82) is 0 Å². The number of likely N-dealkylation sites (N-methyl/N-ethyl adjacent to an activating group) is 3. The smallest absolute Gasteiger partial charge is 0.123 e. The van der Waals surface area contributed by atoms with Gasteiger partial charge in [-0.2, -0.15) is 0 Å². The van der Waals surface area contributed by atoms with E-state index in [1.165, 1.54) is 0 Å². The molecule has 0 radical (unpaired) electrons. The second kappa shape index (κ2) is 8.35. The first-order chi connectivity index (χ1) is 11.5. The van der Waals surface area contributed by atoms with Crippen LogP contribution in [0.1, 0.15) is 0 Å². The minimum Gasteiger partial charge on any atom is -0.384 e. The van der Waals surface area contributed by atoms with E-state index in [9.17, 15) is 0 Å². The maximum Gasteiger partial charge on any atom is 0.123 e. The largest absolute Gasteiger partial charge is 0.384 e. The minimum atomic E-state index is 0.546. The Balaban J connectivity index is 1.73. The summed E-state index contributed by atoms with van der Waals surface area (Å²) in [6.07, 6.45) is 3.61. The molecular formula is C17H27N7. The molecular weight excluding hydrogens is 302 g/mol. The number of anilines is 4. The lowest BCUT2D eigenvalue weighted by Gasteiger charge is -2.26. The number of nitrogens with zero attached hydrogens (tertiary/aromatic N) is 5. The Morgan fingerprint density at radius 1 is 0.708 bits per heavy atom. The third-order valence-corrected chi connectivity index (χ3v) is 4.06. The summed E-state index contributed by atoms with van der Waals surface area (Å²) >= 11 is 0. The molecule has 0 bridgehead atoms. The molecule has 2 rings (SSSR count). The Bertz CT molecular complexity index is 556. The first kappa shape index (κ1) is 17.8. The van der Waals surface area contributed by atoms with Crippen LogP contribution in [0.2, 0.25) is 0 Å². The van der Waals surface area contributed by atoms with Crippen LogP contribution in [0.25, 0.3) is 0 Å². The van der Waals surface area contributed by atoms with E-state index in [4.69, 9.17) is 11.5 Å². The van der Waals surface area contributed by atoms with Gasteiger partial charge < -0.3 is 26.2 Å². The van der Waals surface area contributed by atoms with Crippen LogP contribution in [-0.4, -0.2) is 62.2 Å². The van der Waals surface area contributed by atoms with Gasteiger partial charge in [0.25, 0.3) is 0 Å². The maximum atomic E-state index is 5.62. The van der Waals surface area contributed by atoms with Gasteiger partial charge in [0.05, 0.1) is 23.8 Å². The fourth-order valence-corrected chi connectivity index (χ4v) is 2.26. The summed E-state index contributed by atoms with van der Waals surface area (Å²) in [6, 6.07) is 7.63. The molecule has 0 saturated carbocycles. The minimum absolute atomic E-state index is 0.546. The number of hydrogen-bond acceptors (Lipinski definition) is 7. The summed E-state index contributed by atoms with van der Waals surface area (Å²) in [5.41, 5.74) is 13.4. The van der Waals surface area contributed by atoms with Gasteiger partial charge >= 0.3 is 0 Å². The number of nitrogen functional groups attached to an aromatic ring is 2. The lowest BCUT2D eigenvalue weighted by atomic mass is 10.3. The zero-order valence-electron chi connectivity index (χ0n) is 14.7. The van der Waals surface area contributed by atoms with Gasteiger partial charge in [0.15, 0.2) is 0 Å². The summed E-state index contributed by atoms with van der Waals surface area (Å²) in [4.78, 5) is 14.9. The van der Waals surface area contributed by atoms with E-state index in [0.29, 0.717) is 11.6 Å². The zero-order valence-corrected chi connectivity index (χ0v) is 14.7. The average molecular weight is 329 g/mol. The molecule has 0 aliphatic carbocycles. The number of hydrogen-bond donors (Lipinski definition) is 2. The third kappa shape index (κ3) is 5.27. The molecule has 2 aromatic heterocycles. The normalized spacial score (nSPS) is 10.8. The number of rotatable bonds is 8. The Morgan fingerprint density at radius 2 is 1.12 bits per heavy atom. The van der Waals surface area contributed by atoms with Gasteiger partial charge in [-0.3, -0.25) is 0 Å². The van der Waals surface area contributed by atoms with Gasteiger partial charge in [-0.25, -0.2) is 9.97 Å². The van der Waals surface area contributed by atoms with Crippen LogP contribution in [0, 0.1) is 0 Å². The standard InChI is InChI=1S/C17H27N7/c1-22(8-10-23(2)14-4-6-16(18)20-12-14)9-11-24(3)15-5-7-17(19)21-13-15/h4-7,12-13H,8-11H2,1-3H3,(H2,18,20)(H2,19,21). The van der Waals surface area contributed by atoms with Crippen molar-refractivity contribution >= 4 is 23.0 Å². The van der Waals surface area contributed by atoms with E-state index in [1.54, 1.807) is 12.4 Å². The van der Waals surface area contributed by atoms with Crippen molar-refractivity contribution in [3.63, 3.8) is 0 Å². The van der Waals surface area contributed by atoms with E-state index in [0.717, 1.165) is 37.6 Å². The number of aromatic nitrogens is 2. The van der Waals surface area contributed by atoms with Crippen molar-refractivity contribution in [2.75, 3.05) is 68.6 Å². The Morgan fingerprint density at radius 3 is 1.46 bits per heavy atom. The summed E-state index contributed by atoms with van der Waals surface area (Å²) in [5.74, 6) is 1.09. The van der Waals surface area contributed by atoms with Crippen LogP contribution >= 0.6 is 0 Å². The van der Waals surface area contributed by atoms with Crippen LogP contribution < -0.4 is 21.3 Å². The molecule has 130 valence electrons. The lowest BCUT2D eigenvalue weighted by molar-refractivity contribution is 0.349. The van der Waals surface area contributed by atoms with E-state index < -0.39 is 0 Å². The Hall–Kier alpha value is -2.54. The first-order valence-electron chi connectivity index (χ1n) is 7.99. The molecule has 7 heteroatoms. The molecule has 2 heterocycles.